The fraction of sp³-hybridized carbons (Fsp3) is 0.200. The van der Waals surface area contributed by atoms with E-state index in [0.29, 0.717) is 24.0 Å². The minimum absolute atomic E-state index is 0.194. The van der Waals surface area contributed by atoms with E-state index in [1.54, 1.807) is 18.3 Å². The lowest BCUT2D eigenvalue weighted by Crippen LogP contribution is -2.04. The first-order valence-corrected chi connectivity index (χ1v) is 4.39. The second-order valence-corrected chi connectivity index (χ2v) is 3.10. The van der Waals surface area contributed by atoms with Gasteiger partial charge in [0, 0.05) is 23.5 Å². The molecule has 3 N–H and O–H groups in total. The number of fused-ring (bicyclic) bond motifs is 1. The lowest BCUT2D eigenvalue weighted by Gasteiger charge is -2.02. The smallest absolute Gasteiger partial charge is 0.135 e. The zero-order valence-corrected chi connectivity index (χ0v) is 7.59. The molecule has 14 heavy (non-hydrogen) atoms. The molecule has 1 aromatic heterocycles. The van der Waals surface area contributed by atoms with E-state index in [1.165, 1.54) is 0 Å². The second-order valence-electron chi connectivity index (χ2n) is 3.10. The lowest BCUT2D eigenvalue weighted by molar-refractivity contribution is 0.140. The minimum Gasteiger partial charge on any atom is -0.361 e. The number of rotatable bonds is 3. The van der Waals surface area contributed by atoms with Gasteiger partial charge in [0.15, 0.2) is 0 Å². The summed E-state index contributed by atoms with van der Waals surface area (Å²) in [6.45, 7) is 0.326. The van der Waals surface area contributed by atoms with Gasteiger partial charge < -0.3 is 9.82 Å². The summed E-state index contributed by atoms with van der Waals surface area (Å²) in [5.74, 6) is 4.70. The number of hydrogen-bond acceptors (Lipinski definition) is 2. The number of nitrogens with two attached hydrogens (primary N) is 1. The molecule has 0 atom stereocenters. The van der Waals surface area contributed by atoms with Crippen LogP contribution in [0.5, 0.6) is 0 Å². The first kappa shape index (κ1) is 9.18. The Kier molecular flexibility index (Phi) is 2.47. The van der Waals surface area contributed by atoms with Crippen LogP contribution in [-0.2, 0) is 11.3 Å². The molecule has 2 aromatic rings. The highest BCUT2D eigenvalue weighted by Gasteiger charge is 2.07. The van der Waals surface area contributed by atoms with Crippen molar-refractivity contribution < 1.29 is 9.23 Å². The first-order chi connectivity index (χ1) is 6.83. The summed E-state index contributed by atoms with van der Waals surface area (Å²) < 4.78 is 13.7. The molecule has 0 fully saturated rings. The zero-order chi connectivity index (χ0) is 9.97. The Hall–Kier alpha value is -1.39. The minimum atomic E-state index is -0.194. The molecule has 2 rings (SSSR count). The molecule has 0 aliphatic rings. The molecule has 0 saturated heterocycles. The SMILES string of the molecule is NOCCc1ccc2[nH]ccc2c1F. The molecule has 0 bridgehead atoms. The lowest BCUT2D eigenvalue weighted by atomic mass is 10.1. The molecule has 1 heterocycles. The van der Waals surface area contributed by atoms with Gasteiger partial charge in [-0.05, 0) is 17.7 Å². The predicted octanol–water partition coefficient (Wildman–Crippen LogP) is 1.74. The number of benzene rings is 1. The van der Waals surface area contributed by atoms with Gasteiger partial charge in [-0.25, -0.2) is 10.3 Å². The summed E-state index contributed by atoms with van der Waals surface area (Å²) in [7, 11) is 0. The topological polar surface area (TPSA) is 51.0 Å². The number of halogens is 1. The molecular weight excluding hydrogens is 183 g/mol. The van der Waals surface area contributed by atoms with Crippen LogP contribution in [0.25, 0.3) is 10.9 Å². The van der Waals surface area contributed by atoms with Crippen LogP contribution in [0.3, 0.4) is 0 Å². The summed E-state index contributed by atoms with van der Waals surface area (Å²) in [5.41, 5.74) is 1.43. The monoisotopic (exact) mass is 194 g/mol. The Balaban J connectivity index is 2.40. The predicted molar refractivity (Wildman–Crippen MR) is 52.1 cm³/mol. The molecule has 74 valence electrons. The third-order valence-corrected chi connectivity index (χ3v) is 2.24. The van der Waals surface area contributed by atoms with E-state index in [2.05, 4.69) is 9.82 Å². The third kappa shape index (κ3) is 1.49. The molecule has 0 spiro atoms. The van der Waals surface area contributed by atoms with Crippen molar-refractivity contribution in [3.63, 3.8) is 0 Å². The molecule has 4 heteroatoms. The average molecular weight is 194 g/mol. The van der Waals surface area contributed by atoms with Crippen molar-refractivity contribution in [3.05, 3.63) is 35.8 Å². The Morgan fingerprint density at radius 2 is 2.21 bits per heavy atom. The molecule has 0 radical (unpaired) electrons. The van der Waals surface area contributed by atoms with E-state index in [-0.39, 0.29) is 5.82 Å². The van der Waals surface area contributed by atoms with Crippen LogP contribution in [0.2, 0.25) is 0 Å². The standard InChI is InChI=1S/C10H11FN2O/c11-10-7(4-6-14-12)1-2-9-8(10)3-5-13-9/h1-3,5,13H,4,6,12H2. The summed E-state index contributed by atoms with van der Waals surface area (Å²) >= 11 is 0. The van der Waals surface area contributed by atoms with Gasteiger partial charge in [-0.1, -0.05) is 6.07 Å². The fourth-order valence-electron chi connectivity index (χ4n) is 1.50. The van der Waals surface area contributed by atoms with E-state index >= 15 is 0 Å². The number of hydrogen-bond donors (Lipinski definition) is 2. The Bertz CT molecular complexity index is 439. The molecule has 0 amide bonds. The number of aromatic amines is 1. The van der Waals surface area contributed by atoms with E-state index in [0.717, 1.165) is 5.52 Å². The number of nitrogens with one attached hydrogen (secondary N) is 1. The van der Waals surface area contributed by atoms with Gasteiger partial charge in [-0.3, -0.25) is 0 Å². The van der Waals surface area contributed by atoms with Crippen molar-refractivity contribution >= 4 is 10.9 Å². The van der Waals surface area contributed by atoms with Crippen LogP contribution in [0.1, 0.15) is 5.56 Å². The Labute approximate surface area is 80.6 Å². The van der Waals surface area contributed by atoms with Crippen molar-refractivity contribution in [1.29, 1.82) is 0 Å². The van der Waals surface area contributed by atoms with Gasteiger partial charge in [0.25, 0.3) is 0 Å². The maximum Gasteiger partial charge on any atom is 0.135 e. The van der Waals surface area contributed by atoms with E-state index < -0.39 is 0 Å². The highest BCUT2D eigenvalue weighted by molar-refractivity contribution is 5.80. The Morgan fingerprint density at radius 3 is 3.00 bits per heavy atom. The van der Waals surface area contributed by atoms with Crippen molar-refractivity contribution in [1.82, 2.24) is 4.98 Å². The first-order valence-electron chi connectivity index (χ1n) is 4.39. The van der Waals surface area contributed by atoms with Gasteiger partial charge in [-0.15, -0.1) is 0 Å². The highest BCUT2D eigenvalue weighted by atomic mass is 19.1. The maximum absolute atomic E-state index is 13.7. The zero-order valence-electron chi connectivity index (χ0n) is 7.59. The van der Waals surface area contributed by atoms with Gasteiger partial charge in [0.2, 0.25) is 0 Å². The van der Waals surface area contributed by atoms with Crippen molar-refractivity contribution in [2.75, 3.05) is 6.61 Å². The normalized spacial score (nSPS) is 11.0. The van der Waals surface area contributed by atoms with Crippen LogP contribution in [0.15, 0.2) is 24.4 Å². The summed E-state index contributed by atoms with van der Waals surface area (Å²) in [4.78, 5) is 7.37. The Morgan fingerprint density at radius 1 is 1.36 bits per heavy atom. The largest absolute Gasteiger partial charge is 0.361 e. The molecule has 0 aliphatic carbocycles. The summed E-state index contributed by atoms with van der Waals surface area (Å²) in [6.07, 6.45) is 2.21. The molecule has 0 saturated carbocycles. The van der Waals surface area contributed by atoms with Gasteiger partial charge in [0.1, 0.15) is 5.82 Å². The maximum atomic E-state index is 13.7. The molecule has 0 aliphatic heterocycles. The summed E-state index contributed by atoms with van der Waals surface area (Å²) in [5, 5.41) is 0.611. The van der Waals surface area contributed by atoms with Gasteiger partial charge in [0.05, 0.1) is 6.61 Å². The van der Waals surface area contributed by atoms with E-state index in [9.17, 15) is 4.39 Å². The van der Waals surface area contributed by atoms with Crippen LogP contribution in [0.4, 0.5) is 4.39 Å². The van der Waals surface area contributed by atoms with Crippen LogP contribution in [0, 0.1) is 5.82 Å². The van der Waals surface area contributed by atoms with Crippen molar-refractivity contribution in [2.45, 2.75) is 6.42 Å². The van der Waals surface area contributed by atoms with Crippen molar-refractivity contribution in [2.24, 2.45) is 5.90 Å². The quantitative estimate of drug-likeness (QED) is 0.731. The molecule has 1 aromatic carbocycles. The third-order valence-electron chi connectivity index (χ3n) is 2.24. The molecule has 0 unspecified atom stereocenters. The highest BCUT2D eigenvalue weighted by Crippen LogP contribution is 2.20. The van der Waals surface area contributed by atoms with Crippen LogP contribution < -0.4 is 5.90 Å². The number of aromatic nitrogens is 1. The van der Waals surface area contributed by atoms with E-state index in [1.807, 2.05) is 6.07 Å². The summed E-state index contributed by atoms with van der Waals surface area (Å²) in [6, 6.07) is 5.31. The molecular formula is C10H11FN2O. The number of H-pyrrole nitrogens is 1. The fourth-order valence-corrected chi connectivity index (χ4v) is 1.50. The average Bonchev–Trinajstić information content (AvgIpc) is 2.66. The van der Waals surface area contributed by atoms with Crippen molar-refractivity contribution in [3.8, 4) is 0 Å². The van der Waals surface area contributed by atoms with Gasteiger partial charge >= 0.3 is 0 Å². The molecule has 3 nitrogen and oxygen atoms in total. The second kappa shape index (κ2) is 3.77. The van der Waals surface area contributed by atoms with Crippen LogP contribution >= 0.6 is 0 Å². The van der Waals surface area contributed by atoms with Crippen LogP contribution in [-0.4, -0.2) is 11.6 Å². The van der Waals surface area contributed by atoms with Gasteiger partial charge in [-0.2, -0.15) is 0 Å². The van der Waals surface area contributed by atoms with E-state index in [4.69, 9.17) is 5.90 Å².